The van der Waals surface area contributed by atoms with Crippen LogP contribution in [0.25, 0.3) is 0 Å². The van der Waals surface area contributed by atoms with Crippen molar-refractivity contribution in [2.75, 3.05) is 29.7 Å². The second kappa shape index (κ2) is 16.7. The van der Waals surface area contributed by atoms with Crippen molar-refractivity contribution in [2.45, 2.75) is 109 Å². The molecule has 1 aliphatic rings. The van der Waals surface area contributed by atoms with Crippen molar-refractivity contribution in [3.63, 3.8) is 0 Å². The van der Waals surface area contributed by atoms with Gasteiger partial charge in [-0.05, 0) is 89.1 Å². The summed E-state index contributed by atoms with van der Waals surface area (Å²) < 4.78 is 5.52. The van der Waals surface area contributed by atoms with E-state index >= 15 is 0 Å². The molecule has 10 heteroatoms. The molecule has 2 N–H and O–H groups in total. The molecule has 2 atom stereocenters. The van der Waals surface area contributed by atoms with Gasteiger partial charge in [0.2, 0.25) is 5.91 Å². The van der Waals surface area contributed by atoms with E-state index in [0.717, 1.165) is 29.7 Å². The fourth-order valence-electron chi connectivity index (χ4n) is 6.17. The Bertz CT molecular complexity index is 1290. The molecule has 46 heavy (non-hydrogen) atoms. The smallest absolute Gasteiger partial charge is 0.408 e. The van der Waals surface area contributed by atoms with Crippen molar-refractivity contribution in [3.8, 4) is 0 Å². The number of ether oxygens (including phenoxy) is 1. The van der Waals surface area contributed by atoms with Crippen LogP contribution in [-0.4, -0.2) is 76.0 Å². The number of halogens is 2. The minimum absolute atomic E-state index is 0.138. The minimum Gasteiger partial charge on any atom is -0.480 e. The van der Waals surface area contributed by atoms with Gasteiger partial charge in [-0.25, -0.2) is 9.59 Å². The fourth-order valence-corrected chi connectivity index (χ4v) is 6.58. The number of hydrogen-bond acceptors (Lipinski definition) is 5. The maximum Gasteiger partial charge on any atom is 0.408 e. The van der Waals surface area contributed by atoms with Crippen LogP contribution in [0.5, 0.6) is 0 Å². The van der Waals surface area contributed by atoms with E-state index in [9.17, 15) is 19.5 Å². The van der Waals surface area contributed by atoms with Gasteiger partial charge in [0.25, 0.3) is 0 Å². The van der Waals surface area contributed by atoms with Gasteiger partial charge in [0.15, 0.2) is 0 Å². The van der Waals surface area contributed by atoms with Gasteiger partial charge in [0, 0.05) is 48.9 Å². The van der Waals surface area contributed by atoms with E-state index in [4.69, 9.17) is 27.9 Å². The lowest BCUT2D eigenvalue weighted by atomic mass is 9.92. The van der Waals surface area contributed by atoms with Crippen molar-refractivity contribution in [3.05, 3.63) is 65.2 Å². The topological polar surface area (TPSA) is 99.2 Å². The van der Waals surface area contributed by atoms with Gasteiger partial charge in [0.05, 0.1) is 0 Å². The molecule has 0 saturated heterocycles. The lowest BCUT2D eigenvalue weighted by molar-refractivity contribution is -0.156. The molecule has 254 valence electrons. The van der Waals surface area contributed by atoms with Gasteiger partial charge in [-0.15, -0.1) is 23.2 Å². The molecule has 0 unspecified atom stereocenters. The molecule has 0 spiro atoms. The summed E-state index contributed by atoms with van der Waals surface area (Å²) in [6.07, 6.45) is 4.20. The molecular weight excluding hydrogens is 625 g/mol. The number of nitrogens with zero attached hydrogens (tertiary/aromatic N) is 2. The molecule has 2 aromatic carbocycles. The molecule has 0 radical (unpaired) electrons. The average Bonchev–Trinajstić information content (AvgIpc) is 3.50. The van der Waals surface area contributed by atoms with Crippen LogP contribution in [0.3, 0.4) is 0 Å². The number of alkyl halides is 2. The Morgan fingerprint density at radius 3 is 2.04 bits per heavy atom. The van der Waals surface area contributed by atoms with E-state index in [0.29, 0.717) is 30.8 Å². The van der Waals surface area contributed by atoms with Crippen LogP contribution < -0.4 is 10.2 Å². The first kappa shape index (κ1) is 37.5. The van der Waals surface area contributed by atoms with Crippen molar-refractivity contribution in [1.82, 2.24) is 10.2 Å². The Morgan fingerprint density at radius 1 is 0.913 bits per heavy atom. The highest BCUT2D eigenvalue weighted by Crippen LogP contribution is 2.34. The number of aliphatic carboxylic acids is 1. The highest BCUT2D eigenvalue weighted by Gasteiger charge is 2.41. The highest BCUT2D eigenvalue weighted by atomic mass is 35.5. The van der Waals surface area contributed by atoms with E-state index in [1.165, 1.54) is 23.3 Å². The van der Waals surface area contributed by atoms with E-state index in [2.05, 4.69) is 22.3 Å². The van der Waals surface area contributed by atoms with E-state index in [-0.39, 0.29) is 12.8 Å². The summed E-state index contributed by atoms with van der Waals surface area (Å²) in [5.41, 5.74) is 2.16. The molecule has 3 rings (SSSR count). The van der Waals surface area contributed by atoms with E-state index < -0.39 is 41.2 Å². The van der Waals surface area contributed by atoms with Gasteiger partial charge < -0.3 is 25.0 Å². The monoisotopic (exact) mass is 675 g/mol. The number of amides is 2. The fraction of sp³-hybridized carbons (Fsp3) is 0.583. The zero-order valence-electron chi connectivity index (χ0n) is 28.2. The van der Waals surface area contributed by atoms with E-state index in [1.807, 2.05) is 57.2 Å². The molecule has 2 aromatic rings. The second-order valence-electron chi connectivity index (χ2n) is 14.1. The standard InChI is InChI=1S/C36H51Cl2N3O5/c1-35(2,3)41(31(33(43)44)24-26-10-9-13-28(22-26)27-11-7-8-12-27)32(42)30(39-34(45)46-36(4,5)6)23-25-14-16-29(17-15-25)40(20-18-37)21-19-38/h9-10,13-17,22,27,30-31H,7-8,11-12,18-21,23-24H2,1-6H3,(H,39,45)(H,43,44)/t30-,31-/m0/s1. The van der Waals surface area contributed by atoms with E-state index in [1.54, 1.807) is 20.8 Å². The zero-order chi connectivity index (χ0) is 34.1. The average molecular weight is 677 g/mol. The first-order valence-corrected chi connectivity index (χ1v) is 17.3. The number of carbonyl (C=O) groups excluding carboxylic acids is 2. The largest absolute Gasteiger partial charge is 0.480 e. The van der Waals surface area contributed by atoms with Gasteiger partial charge in [-0.2, -0.15) is 0 Å². The van der Waals surface area contributed by atoms with Crippen LogP contribution in [0.2, 0.25) is 0 Å². The van der Waals surface area contributed by atoms with Gasteiger partial charge in [0.1, 0.15) is 17.7 Å². The van der Waals surface area contributed by atoms with Crippen LogP contribution >= 0.6 is 23.2 Å². The number of carboxylic acid groups (broad SMARTS) is 1. The van der Waals surface area contributed by atoms with Crippen LogP contribution in [0, 0.1) is 0 Å². The summed E-state index contributed by atoms with van der Waals surface area (Å²) in [4.78, 5) is 43.9. The van der Waals surface area contributed by atoms with Crippen molar-refractivity contribution >= 4 is 46.9 Å². The number of carbonyl (C=O) groups is 3. The SMILES string of the molecule is CC(C)(C)OC(=O)N[C@@H](Cc1ccc(N(CCCl)CCCl)cc1)C(=O)N([C@@H](Cc1cccc(C2CCCC2)c1)C(=O)O)C(C)(C)C. The molecule has 0 bridgehead atoms. The Hall–Kier alpha value is -2.97. The Labute approximate surface area is 284 Å². The number of carboxylic acids is 1. The molecule has 0 aliphatic heterocycles. The summed E-state index contributed by atoms with van der Waals surface area (Å²) in [5.74, 6) is -0.212. The number of benzene rings is 2. The lowest BCUT2D eigenvalue weighted by Gasteiger charge is -2.42. The molecule has 8 nitrogen and oxygen atoms in total. The van der Waals surface area contributed by atoms with Crippen molar-refractivity contribution < 1.29 is 24.2 Å². The number of hydrogen-bond donors (Lipinski definition) is 2. The Morgan fingerprint density at radius 2 is 1.52 bits per heavy atom. The van der Waals surface area contributed by atoms with Gasteiger partial charge >= 0.3 is 12.1 Å². The minimum atomic E-state index is -1.16. The number of anilines is 1. The predicted molar refractivity (Wildman–Crippen MR) is 186 cm³/mol. The third kappa shape index (κ3) is 11.1. The highest BCUT2D eigenvalue weighted by molar-refractivity contribution is 6.18. The molecule has 0 aromatic heterocycles. The first-order chi connectivity index (χ1) is 21.6. The normalized spacial score (nSPS) is 15.2. The molecule has 0 heterocycles. The Balaban J connectivity index is 1.95. The van der Waals surface area contributed by atoms with Crippen molar-refractivity contribution in [2.24, 2.45) is 0 Å². The van der Waals surface area contributed by atoms with Crippen LogP contribution in [-0.2, 0) is 27.2 Å². The summed E-state index contributed by atoms with van der Waals surface area (Å²) in [5, 5.41) is 13.3. The summed E-state index contributed by atoms with van der Waals surface area (Å²) in [7, 11) is 0. The molecule has 1 aliphatic carbocycles. The predicted octanol–water partition coefficient (Wildman–Crippen LogP) is 7.39. The molecule has 1 fully saturated rings. The maximum absolute atomic E-state index is 14.5. The van der Waals surface area contributed by atoms with Crippen LogP contribution in [0.4, 0.5) is 10.5 Å². The Kier molecular flexibility index (Phi) is 13.6. The first-order valence-electron chi connectivity index (χ1n) is 16.2. The van der Waals surface area contributed by atoms with Crippen molar-refractivity contribution in [1.29, 1.82) is 0 Å². The quantitative estimate of drug-likeness (QED) is 0.203. The molecule has 1 saturated carbocycles. The van der Waals surface area contributed by atoms with Crippen LogP contribution in [0.15, 0.2) is 48.5 Å². The third-order valence-corrected chi connectivity index (χ3v) is 8.54. The lowest BCUT2D eigenvalue weighted by Crippen LogP contribution is -2.61. The third-order valence-electron chi connectivity index (χ3n) is 8.20. The van der Waals surface area contributed by atoms with Crippen LogP contribution in [0.1, 0.15) is 89.8 Å². The summed E-state index contributed by atoms with van der Waals surface area (Å²) >= 11 is 12.0. The zero-order valence-corrected chi connectivity index (χ0v) is 29.7. The van der Waals surface area contributed by atoms with Gasteiger partial charge in [-0.3, -0.25) is 4.79 Å². The molecular formula is C36H51Cl2N3O5. The number of alkyl carbamates (subject to hydrolysis) is 1. The maximum atomic E-state index is 14.5. The number of rotatable bonds is 14. The second-order valence-corrected chi connectivity index (χ2v) is 14.9. The summed E-state index contributed by atoms with van der Waals surface area (Å²) in [6, 6.07) is 13.5. The van der Waals surface area contributed by atoms with Gasteiger partial charge in [-0.1, -0.05) is 49.2 Å². The molecule has 2 amide bonds. The summed E-state index contributed by atoms with van der Waals surface area (Å²) in [6.45, 7) is 12.0. The number of nitrogens with one attached hydrogen (secondary N) is 1.